The third-order valence-electron chi connectivity index (χ3n) is 14.0. The molecule has 1 saturated heterocycles. The zero-order chi connectivity index (χ0) is 38.5. The number of hydrogen-bond donors (Lipinski definition) is 3. The number of carboxylic acid groups (broad SMARTS) is 1. The number of pyridine rings is 1. The fourth-order valence-corrected chi connectivity index (χ4v) is 11.3. The molecule has 3 aliphatic heterocycles. The molecule has 1 aromatic carbocycles. The molecule has 55 heavy (non-hydrogen) atoms. The molecular formula is C41H51N5O8S. The van der Waals surface area contributed by atoms with Gasteiger partial charge in [0.1, 0.15) is 29.0 Å². The lowest BCUT2D eigenvalue weighted by molar-refractivity contribution is -0.144. The van der Waals surface area contributed by atoms with Crippen LogP contribution < -0.4 is 14.8 Å². The molecule has 4 aliphatic carbocycles. The van der Waals surface area contributed by atoms with Gasteiger partial charge in [0, 0.05) is 23.3 Å². The van der Waals surface area contributed by atoms with Gasteiger partial charge >= 0.3 is 6.09 Å². The Kier molecular flexibility index (Phi) is 8.39. The maximum absolute atomic E-state index is 15.2. The van der Waals surface area contributed by atoms with Crippen molar-refractivity contribution in [1.29, 1.82) is 0 Å². The Labute approximate surface area is 321 Å². The highest BCUT2D eigenvalue weighted by Crippen LogP contribution is 2.59. The van der Waals surface area contributed by atoms with Gasteiger partial charge in [0.25, 0.3) is 5.91 Å². The number of nitrogens with one attached hydrogen (secondary N) is 2. The van der Waals surface area contributed by atoms with Gasteiger partial charge < -0.3 is 20.1 Å². The van der Waals surface area contributed by atoms with E-state index in [0.29, 0.717) is 69.2 Å². The number of aromatic nitrogens is 1. The van der Waals surface area contributed by atoms with E-state index in [1.807, 2.05) is 43.3 Å². The van der Waals surface area contributed by atoms with Gasteiger partial charge in [-0.05, 0) is 103 Å². The standard InChI is InChI=1S/C41H51N5O8S/c1-25-33-29(28-11-8-9-12-30(28)42-25)16-17-39(54-33)23-32-34(47)43-41(36(49)44-55(52,53)38(2)18-19-38)22-27(41)10-6-4-3-5-7-13-31(35(48)45(32)24-39)46(37(50)51)40(20-21-40)26-14-15-26/h6,8-12,26-27,31-32H,3-5,7,13-24H2,1-2H3,(H,43,47)(H,44,49)(H,50,51)/b10-6-/t27-,31+,32+,39-,41-/m1/s1. The Morgan fingerprint density at radius 3 is 2.51 bits per heavy atom. The van der Waals surface area contributed by atoms with Gasteiger partial charge in [0.05, 0.1) is 28.0 Å². The van der Waals surface area contributed by atoms with E-state index in [2.05, 4.69) is 10.0 Å². The molecule has 4 amide bonds. The lowest BCUT2D eigenvalue weighted by atomic mass is 9.87. The number of allylic oxidation sites excluding steroid dienone is 1. The van der Waals surface area contributed by atoms with Crippen LogP contribution in [0.5, 0.6) is 5.75 Å². The number of carbonyl (C=O) groups is 4. The minimum absolute atomic E-state index is 0.0608. The number of benzene rings is 1. The van der Waals surface area contributed by atoms with E-state index in [1.165, 1.54) is 9.80 Å². The third kappa shape index (κ3) is 6.08. The van der Waals surface area contributed by atoms with Crippen LogP contribution in [0.3, 0.4) is 0 Å². The summed E-state index contributed by atoms with van der Waals surface area (Å²) in [7, 11) is -3.99. The Balaban J connectivity index is 1.09. The van der Waals surface area contributed by atoms with E-state index in [9.17, 15) is 27.9 Å². The van der Waals surface area contributed by atoms with Crippen molar-refractivity contribution in [2.24, 2.45) is 11.8 Å². The zero-order valence-electron chi connectivity index (χ0n) is 31.6. The summed E-state index contributed by atoms with van der Waals surface area (Å²) in [5, 5.41) is 14.8. The molecule has 3 N–H and O–H groups in total. The molecule has 4 saturated carbocycles. The first-order valence-corrected chi connectivity index (χ1v) is 21.7. The minimum Gasteiger partial charge on any atom is -0.483 e. The van der Waals surface area contributed by atoms with Crippen LogP contribution in [-0.4, -0.2) is 92.2 Å². The van der Waals surface area contributed by atoms with E-state index in [1.54, 1.807) is 6.92 Å². The number of aryl methyl sites for hydroxylation is 2. The van der Waals surface area contributed by atoms with Crippen molar-refractivity contribution in [3.8, 4) is 5.75 Å². The quantitative estimate of drug-likeness (QED) is 0.345. The number of hydrogen-bond acceptors (Lipinski definition) is 8. The van der Waals surface area contributed by atoms with Gasteiger partial charge in [0.2, 0.25) is 21.8 Å². The van der Waals surface area contributed by atoms with Gasteiger partial charge in [-0.25, -0.2) is 18.2 Å². The fraction of sp³-hybridized carbons (Fsp3) is 0.634. The van der Waals surface area contributed by atoms with E-state index in [4.69, 9.17) is 9.72 Å². The summed E-state index contributed by atoms with van der Waals surface area (Å²) in [6.45, 7) is 3.56. The van der Waals surface area contributed by atoms with Gasteiger partial charge in [-0.15, -0.1) is 0 Å². The molecule has 0 unspecified atom stereocenters. The summed E-state index contributed by atoms with van der Waals surface area (Å²) >= 11 is 0. The molecule has 0 bridgehead atoms. The molecule has 9 rings (SSSR count). The van der Waals surface area contributed by atoms with E-state index < -0.39 is 73.3 Å². The predicted molar refractivity (Wildman–Crippen MR) is 203 cm³/mol. The predicted octanol–water partition coefficient (Wildman–Crippen LogP) is 4.89. The second-order valence-electron chi connectivity index (χ2n) is 17.8. The average Bonchev–Trinajstić information content (AvgIpc) is 3.95. The molecule has 294 valence electrons. The molecule has 4 heterocycles. The molecule has 14 heteroatoms. The summed E-state index contributed by atoms with van der Waals surface area (Å²) < 4.78 is 34.7. The lowest BCUT2D eigenvalue weighted by Crippen LogP contribution is -2.60. The second kappa shape index (κ2) is 12.7. The van der Waals surface area contributed by atoms with Crippen molar-refractivity contribution in [3.63, 3.8) is 0 Å². The Morgan fingerprint density at radius 1 is 1.04 bits per heavy atom. The maximum Gasteiger partial charge on any atom is 0.408 e. The SMILES string of the molecule is Cc1nc2ccccc2c2c1O[C@]1(CC2)C[C@H]2C(=O)N[C@]3(C(=O)NS(=O)(=O)C4(C)CC4)C[C@H]3/C=C\CCCCC[C@H](N(C(=O)O)C3(C4CC4)CC3)C(=O)N2C1. The number of para-hydroxylation sites is 1. The van der Waals surface area contributed by atoms with E-state index in [-0.39, 0.29) is 25.3 Å². The number of nitrogens with zero attached hydrogens (tertiary/aromatic N) is 3. The van der Waals surface area contributed by atoms with Crippen molar-refractivity contribution in [3.05, 3.63) is 47.7 Å². The summed E-state index contributed by atoms with van der Waals surface area (Å²) in [6.07, 6.45) is 11.7. The van der Waals surface area contributed by atoms with Crippen LogP contribution >= 0.6 is 0 Å². The Morgan fingerprint density at radius 2 is 1.80 bits per heavy atom. The monoisotopic (exact) mass is 773 g/mol. The topological polar surface area (TPSA) is 175 Å². The molecule has 1 aromatic heterocycles. The molecule has 0 radical (unpaired) electrons. The number of rotatable bonds is 6. The van der Waals surface area contributed by atoms with Gasteiger partial charge in [-0.1, -0.05) is 43.2 Å². The van der Waals surface area contributed by atoms with Gasteiger partial charge in [0.15, 0.2) is 0 Å². The largest absolute Gasteiger partial charge is 0.483 e. The number of ether oxygens (including phenoxy) is 1. The number of amides is 4. The first kappa shape index (κ1) is 36.4. The maximum atomic E-state index is 15.2. The zero-order valence-corrected chi connectivity index (χ0v) is 32.5. The first-order chi connectivity index (χ1) is 26.2. The second-order valence-corrected chi connectivity index (χ2v) is 20.0. The number of carbonyl (C=O) groups excluding carboxylic acids is 3. The average molecular weight is 774 g/mol. The molecular weight excluding hydrogens is 723 g/mol. The summed E-state index contributed by atoms with van der Waals surface area (Å²) in [5.74, 6) is -1.33. The van der Waals surface area contributed by atoms with Crippen molar-refractivity contribution < 1.29 is 37.4 Å². The van der Waals surface area contributed by atoms with Gasteiger partial charge in [-0.2, -0.15) is 0 Å². The Hall–Kier alpha value is -4.20. The van der Waals surface area contributed by atoms with Crippen LogP contribution in [-0.2, 0) is 30.8 Å². The summed E-state index contributed by atoms with van der Waals surface area (Å²) in [5.41, 5.74) is -0.451. The Bertz CT molecular complexity index is 2130. The molecule has 1 spiro atoms. The lowest BCUT2D eigenvalue weighted by Gasteiger charge is -2.39. The summed E-state index contributed by atoms with van der Waals surface area (Å²) in [6, 6.07) is 5.82. The van der Waals surface area contributed by atoms with Crippen LogP contribution in [0.4, 0.5) is 4.79 Å². The molecule has 5 fully saturated rings. The van der Waals surface area contributed by atoms with E-state index >= 15 is 4.79 Å². The van der Waals surface area contributed by atoms with Crippen LogP contribution in [0.25, 0.3) is 10.9 Å². The van der Waals surface area contributed by atoms with Crippen molar-refractivity contribution >= 4 is 44.7 Å². The van der Waals surface area contributed by atoms with Crippen molar-refractivity contribution in [1.82, 2.24) is 24.8 Å². The highest BCUT2D eigenvalue weighted by atomic mass is 32.2. The third-order valence-corrected chi connectivity index (χ3v) is 16.1. The minimum atomic E-state index is -3.99. The smallest absolute Gasteiger partial charge is 0.408 e. The molecule has 13 nitrogen and oxygen atoms in total. The van der Waals surface area contributed by atoms with Crippen LogP contribution in [0, 0.1) is 18.8 Å². The molecule has 2 aromatic rings. The van der Waals surface area contributed by atoms with Crippen LogP contribution in [0.2, 0.25) is 0 Å². The van der Waals surface area contributed by atoms with Crippen molar-refractivity contribution in [2.45, 2.75) is 144 Å². The highest BCUT2D eigenvalue weighted by molar-refractivity contribution is 7.91. The molecule has 5 atom stereocenters. The summed E-state index contributed by atoms with van der Waals surface area (Å²) in [4.78, 5) is 65.0. The number of fused-ring (bicyclic) bond motifs is 5. The van der Waals surface area contributed by atoms with Crippen molar-refractivity contribution in [2.75, 3.05) is 6.54 Å². The number of sulfonamides is 1. The fourth-order valence-electron chi connectivity index (χ4n) is 9.96. The highest BCUT2D eigenvalue weighted by Gasteiger charge is 2.65. The van der Waals surface area contributed by atoms with Crippen LogP contribution in [0.15, 0.2) is 36.4 Å². The van der Waals surface area contributed by atoms with Crippen LogP contribution in [0.1, 0.15) is 108 Å². The normalized spacial score (nSPS) is 32.8. The first-order valence-electron chi connectivity index (χ1n) is 20.2. The van der Waals surface area contributed by atoms with E-state index in [0.717, 1.165) is 42.1 Å². The molecule has 7 aliphatic rings. The van der Waals surface area contributed by atoms with Gasteiger partial charge in [-0.3, -0.25) is 24.0 Å².